The van der Waals surface area contributed by atoms with Crippen LogP contribution in [0.25, 0.3) is 0 Å². The minimum absolute atomic E-state index is 0.0301. The third kappa shape index (κ3) is 7.75. The Morgan fingerprint density at radius 2 is 1.91 bits per heavy atom. The topological polar surface area (TPSA) is 91.6 Å². The lowest BCUT2D eigenvalue weighted by molar-refractivity contribution is -0.137. The zero-order valence-corrected chi connectivity index (χ0v) is 19.2. The molecule has 0 saturated heterocycles. The highest BCUT2D eigenvalue weighted by Crippen LogP contribution is 2.24. The summed E-state index contributed by atoms with van der Waals surface area (Å²) in [6.07, 6.45) is -0.0301. The Morgan fingerprint density at radius 3 is 2.50 bits per heavy atom. The summed E-state index contributed by atoms with van der Waals surface area (Å²) >= 11 is 0. The molecule has 0 amide bonds. The summed E-state index contributed by atoms with van der Waals surface area (Å²) in [5.74, 6) is 5.71. The largest absolute Gasteiger partial charge is 0.489 e. The Bertz CT molecular complexity index is 972. The van der Waals surface area contributed by atoms with Crippen LogP contribution in [0.15, 0.2) is 42.5 Å². The van der Waals surface area contributed by atoms with Crippen molar-refractivity contribution < 1.29 is 19.4 Å². The first-order valence-corrected chi connectivity index (χ1v) is 10.6. The maximum Gasteiger partial charge on any atom is 0.304 e. The number of carboxylic acid groups (broad SMARTS) is 1. The number of carboxylic acids is 1. The molecule has 0 unspecified atom stereocenters. The van der Waals surface area contributed by atoms with E-state index >= 15 is 0 Å². The zero-order chi connectivity index (χ0) is 23.5. The van der Waals surface area contributed by atoms with Gasteiger partial charge in [0.15, 0.2) is 0 Å². The van der Waals surface area contributed by atoms with E-state index in [1.165, 1.54) is 0 Å². The number of methoxy groups -OCH3 is 1. The molecular formula is C26H32N2O4. The van der Waals surface area contributed by atoms with Crippen LogP contribution in [-0.4, -0.2) is 37.0 Å². The van der Waals surface area contributed by atoms with Crippen LogP contribution < -0.4 is 10.1 Å². The fourth-order valence-corrected chi connectivity index (χ4v) is 3.19. The third-order valence-electron chi connectivity index (χ3n) is 4.78. The van der Waals surface area contributed by atoms with E-state index in [1.54, 1.807) is 14.0 Å². The molecule has 0 spiro atoms. The zero-order valence-electron chi connectivity index (χ0n) is 19.2. The van der Waals surface area contributed by atoms with Crippen LogP contribution in [0.2, 0.25) is 0 Å². The van der Waals surface area contributed by atoms with Gasteiger partial charge in [0, 0.05) is 24.9 Å². The molecule has 0 radical (unpaired) electrons. The number of anilines is 1. The average Bonchev–Trinajstić information content (AvgIpc) is 2.76. The van der Waals surface area contributed by atoms with Crippen molar-refractivity contribution in [1.82, 2.24) is 0 Å². The van der Waals surface area contributed by atoms with Crippen LogP contribution in [0.3, 0.4) is 0 Å². The van der Waals surface area contributed by atoms with Crippen LogP contribution in [-0.2, 0) is 16.1 Å². The molecule has 1 atom stereocenters. The van der Waals surface area contributed by atoms with Gasteiger partial charge in [-0.1, -0.05) is 44.0 Å². The molecule has 0 bridgehead atoms. The number of nitrogens with one attached hydrogen (secondary N) is 2. The smallest absolute Gasteiger partial charge is 0.304 e. The van der Waals surface area contributed by atoms with Gasteiger partial charge >= 0.3 is 5.97 Å². The minimum Gasteiger partial charge on any atom is -0.489 e. The first-order chi connectivity index (χ1) is 15.3. The summed E-state index contributed by atoms with van der Waals surface area (Å²) < 4.78 is 11.1. The van der Waals surface area contributed by atoms with Crippen molar-refractivity contribution in [2.24, 2.45) is 5.92 Å². The molecule has 0 heterocycles. The highest BCUT2D eigenvalue weighted by Gasteiger charge is 2.13. The van der Waals surface area contributed by atoms with E-state index in [4.69, 9.17) is 20.0 Å². The maximum absolute atomic E-state index is 11.1. The van der Waals surface area contributed by atoms with E-state index in [0.717, 1.165) is 28.9 Å². The molecule has 0 aliphatic heterocycles. The lowest BCUT2D eigenvalue weighted by Crippen LogP contribution is -2.15. The number of benzene rings is 2. The van der Waals surface area contributed by atoms with Crippen LogP contribution >= 0.6 is 0 Å². The van der Waals surface area contributed by atoms with Crippen molar-refractivity contribution in [1.29, 1.82) is 5.41 Å². The molecule has 170 valence electrons. The highest BCUT2D eigenvalue weighted by atomic mass is 16.5. The molecule has 2 aromatic rings. The number of hydrogen-bond acceptors (Lipinski definition) is 5. The number of rotatable bonds is 12. The second-order valence-electron chi connectivity index (χ2n) is 7.97. The van der Waals surface area contributed by atoms with Crippen molar-refractivity contribution >= 4 is 17.4 Å². The summed E-state index contributed by atoms with van der Waals surface area (Å²) in [5.41, 5.74) is 3.98. The molecule has 0 aliphatic rings. The monoisotopic (exact) mass is 436 g/mol. The van der Waals surface area contributed by atoms with Gasteiger partial charge in [-0.05, 0) is 42.2 Å². The molecule has 32 heavy (non-hydrogen) atoms. The molecule has 6 heteroatoms. The highest BCUT2D eigenvalue weighted by molar-refractivity contribution is 6.04. The first kappa shape index (κ1) is 25.0. The van der Waals surface area contributed by atoms with E-state index in [0.29, 0.717) is 24.0 Å². The van der Waals surface area contributed by atoms with Crippen molar-refractivity contribution in [3.63, 3.8) is 0 Å². The normalized spacial score (nSPS) is 11.4. The Labute approximate surface area is 190 Å². The summed E-state index contributed by atoms with van der Waals surface area (Å²) in [6.45, 7) is 7.41. The number of aliphatic carboxylic acids is 1. The minimum atomic E-state index is -0.873. The lowest BCUT2D eigenvalue weighted by Gasteiger charge is -2.16. The van der Waals surface area contributed by atoms with Crippen LogP contribution in [0.5, 0.6) is 5.75 Å². The number of ether oxygens (including phenoxy) is 2. The van der Waals surface area contributed by atoms with Gasteiger partial charge in [-0.3, -0.25) is 4.79 Å². The van der Waals surface area contributed by atoms with Crippen LogP contribution in [0.4, 0.5) is 5.69 Å². The number of hydrogen-bond donors (Lipinski definition) is 3. The lowest BCUT2D eigenvalue weighted by atomic mass is 9.96. The number of carbonyl (C=O) groups is 1. The van der Waals surface area contributed by atoms with Gasteiger partial charge in [-0.15, -0.1) is 5.92 Å². The molecule has 0 aromatic heterocycles. The fraction of sp³-hybridized carbons (Fsp3) is 0.385. The average molecular weight is 437 g/mol. The van der Waals surface area contributed by atoms with E-state index < -0.39 is 5.97 Å². The maximum atomic E-state index is 11.1. The predicted octanol–water partition coefficient (Wildman–Crippen LogP) is 4.93. The van der Waals surface area contributed by atoms with Crippen LogP contribution in [0, 0.1) is 23.2 Å². The molecular weight excluding hydrogens is 404 g/mol. The predicted molar refractivity (Wildman–Crippen MR) is 128 cm³/mol. The summed E-state index contributed by atoms with van der Waals surface area (Å²) in [5, 5.41) is 20.8. The molecule has 0 fully saturated rings. The Hall–Kier alpha value is -3.30. The van der Waals surface area contributed by atoms with E-state index in [2.05, 4.69) is 31.0 Å². The Kier molecular flexibility index (Phi) is 9.77. The van der Waals surface area contributed by atoms with E-state index in [-0.39, 0.29) is 18.9 Å². The summed E-state index contributed by atoms with van der Waals surface area (Å²) in [6, 6.07) is 13.3. The van der Waals surface area contributed by atoms with Gasteiger partial charge < -0.3 is 25.3 Å². The van der Waals surface area contributed by atoms with Crippen molar-refractivity contribution in [2.45, 2.75) is 39.7 Å². The molecule has 3 N–H and O–H groups in total. The molecule has 2 rings (SSSR count). The standard InChI is InChI=1S/C26H32N2O4/c1-5-6-21(14-26(29)30)20-8-10-22(11-9-20)32-16-19-7-12-23(24(27)17-31-4)25(13-19)28-15-18(2)3/h7-13,18,21,27-28H,14-17H2,1-4H3,(H,29,30)/t21-/m0/s1. The summed E-state index contributed by atoms with van der Waals surface area (Å²) in [7, 11) is 1.59. The van der Waals surface area contributed by atoms with Crippen molar-refractivity contribution in [2.75, 3.05) is 25.6 Å². The van der Waals surface area contributed by atoms with Gasteiger partial charge in [0.25, 0.3) is 0 Å². The molecule has 6 nitrogen and oxygen atoms in total. The first-order valence-electron chi connectivity index (χ1n) is 10.6. The third-order valence-corrected chi connectivity index (χ3v) is 4.78. The Morgan fingerprint density at radius 1 is 1.19 bits per heavy atom. The molecule has 2 aromatic carbocycles. The second-order valence-corrected chi connectivity index (χ2v) is 7.97. The second kappa shape index (κ2) is 12.5. The molecule has 0 saturated carbocycles. The van der Waals surface area contributed by atoms with E-state index in [9.17, 15) is 4.79 Å². The summed E-state index contributed by atoms with van der Waals surface area (Å²) in [4.78, 5) is 11.1. The fourth-order valence-electron chi connectivity index (χ4n) is 3.19. The Balaban J connectivity index is 2.11. The SMILES string of the molecule is CC#C[C@@H](CC(=O)O)c1ccc(OCc2ccc(C(=N)COC)c(NCC(C)C)c2)cc1. The van der Waals surface area contributed by atoms with Gasteiger partial charge in [0.05, 0.1) is 24.7 Å². The van der Waals surface area contributed by atoms with Gasteiger partial charge in [-0.25, -0.2) is 0 Å². The van der Waals surface area contributed by atoms with Crippen molar-refractivity contribution in [3.05, 3.63) is 59.2 Å². The van der Waals surface area contributed by atoms with Crippen molar-refractivity contribution in [3.8, 4) is 17.6 Å². The van der Waals surface area contributed by atoms with Crippen LogP contribution in [0.1, 0.15) is 49.8 Å². The van der Waals surface area contributed by atoms with E-state index in [1.807, 2.05) is 42.5 Å². The quantitative estimate of drug-likeness (QED) is 0.324. The van der Waals surface area contributed by atoms with Gasteiger partial charge in [-0.2, -0.15) is 0 Å². The van der Waals surface area contributed by atoms with Gasteiger partial charge in [0.2, 0.25) is 0 Å². The molecule has 0 aliphatic carbocycles. The van der Waals surface area contributed by atoms with Gasteiger partial charge in [0.1, 0.15) is 12.4 Å².